The standard InChI is InChI=1S/C29H45N3O3/c1-28(2,3)19-11-7-17(8-12-19)24-22(25(30)33)15-21(16-23(24)26(31)34)32-27(35)18-9-13-20(14-10-18)29(4,5)6/h15-20H,7-14H2,1-6H3,(H2,30,33)(H2,31,34)(H,32,35)/t17-,18-,19+,20+. The van der Waals surface area contributed by atoms with E-state index in [2.05, 4.69) is 46.9 Å². The molecule has 0 saturated heterocycles. The maximum Gasteiger partial charge on any atom is 0.249 e. The summed E-state index contributed by atoms with van der Waals surface area (Å²) in [7, 11) is 0. The van der Waals surface area contributed by atoms with E-state index in [1.165, 1.54) is 0 Å². The second-order valence-corrected chi connectivity index (χ2v) is 13.0. The third-order valence-corrected chi connectivity index (χ3v) is 8.66. The summed E-state index contributed by atoms with van der Waals surface area (Å²) in [4.78, 5) is 38.0. The van der Waals surface area contributed by atoms with Crippen LogP contribution in [-0.2, 0) is 4.79 Å². The third-order valence-electron chi connectivity index (χ3n) is 8.66. The summed E-state index contributed by atoms with van der Waals surface area (Å²) < 4.78 is 0. The van der Waals surface area contributed by atoms with Gasteiger partial charge in [-0.15, -0.1) is 0 Å². The highest BCUT2D eigenvalue weighted by Gasteiger charge is 2.35. The van der Waals surface area contributed by atoms with Crippen LogP contribution in [0, 0.1) is 28.6 Å². The van der Waals surface area contributed by atoms with Gasteiger partial charge in [0, 0.05) is 22.7 Å². The molecular weight excluding hydrogens is 438 g/mol. The van der Waals surface area contributed by atoms with Crippen molar-refractivity contribution in [2.45, 2.75) is 98.8 Å². The van der Waals surface area contributed by atoms with Gasteiger partial charge in [-0.2, -0.15) is 0 Å². The van der Waals surface area contributed by atoms with Gasteiger partial charge >= 0.3 is 0 Å². The van der Waals surface area contributed by atoms with Gasteiger partial charge < -0.3 is 16.8 Å². The van der Waals surface area contributed by atoms with Crippen LogP contribution >= 0.6 is 0 Å². The molecule has 1 aromatic rings. The van der Waals surface area contributed by atoms with E-state index in [9.17, 15) is 14.4 Å². The van der Waals surface area contributed by atoms with Crippen LogP contribution in [0.5, 0.6) is 0 Å². The zero-order valence-corrected chi connectivity index (χ0v) is 22.5. The van der Waals surface area contributed by atoms with Crippen LogP contribution in [-0.4, -0.2) is 17.7 Å². The van der Waals surface area contributed by atoms with Gasteiger partial charge in [0.25, 0.3) is 0 Å². The molecule has 0 atom stereocenters. The normalized spacial score (nSPS) is 25.7. The van der Waals surface area contributed by atoms with Gasteiger partial charge in [0.1, 0.15) is 0 Å². The van der Waals surface area contributed by atoms with Gasteiger partial charge in [-0.05, 0) is 97.6 Å². The molecule has 0 aromatic heterocycles. The average Bonchev–Trinajstić information content (AvgIpc) is 2.77. The van der Waals surface area contributed by atoms with Gasteiger partial charge in [0.15, 0.2) is 0 Å². The van der Waals surface area contributed by atoms with Crippen LogP contribution in [0.3, 0.4) is 0 Å². The number of rotatable bonds is 5. The molecule has 2 fully saturated rings. The van der Waals surface area contributed by atoms with Crippen molar-refractivity contribution in [3.05, 3.63) is 28.8 Å². The fraction of sp³-hybridized carbons (Fsp3) is 0.690. The number of nitrogens with one attached hydrogen (secondary N) is 1. The van der Waals surface area contributed by atoms with E-state index >= 15 is 0 Å². The molecule has 0 aliphatic heterocycles. The first-order chi connectivity index (χ1) is 16.2. The Kier molecular flexibility index (Phi) is 8.02. The third kappa shape index (κ3) is 6.45. The van der Waals surface area contributed by atoms with Crippen LogP contribution < -0.4 is 16.8 Å². The Morgan fingerprint density at radius 1 is 0.714 bits per heavy atom. The first kappa shape index (κ1) is 27.2. The van der Waals surface area contributed by atoms with E-state index in [-0.39, 0.29) is 28.6 Å². The van der Waals surface area contributed by atoms with Gasteiger partial charge in [-0.1, -0.05) is 41.5 Å². The van der Waals surface area contributed by atoms with Crippen molar-refractivity contribution < 1.29 is 14.4 Å². The van der Waals surface area contributed by atoms with Crippen molar-refractivity contribution in [2.24, 2.45) is 40.1 Å². The lowest BCUT2D eigenvalue weighted by Gasteiger charge is -2.38. The Balaban J connectivity index is 1.82. The maximum atomic E-state index is 13.1. The van der Waals surface area contributed by atoms with Crippen molar-refractivity contribution in [2.75, 3.05) is 5.32 Å². The molecule has 0 heterocycles. The predicted octanol–water partition coefficient (Wildman–Crippen LogP) is 6.00. The SMILES string of the molecule is CC(C)(C)[C@H]1CC[C@@H](C(=O)Nc2cc(C(N)=O)c([C@H]3CC[C@@H](C(C)(C)C)CC3)c(C(N)=O)c2)CC1. The van der Waals surface area contributed by atoms with E-state index in [1.54, 1.807) is 12.1 Å². The number of hydrogen-bond donors (Lipinski definition) is 3. The molecule has 1 aromatic carbocycles. The quantitative estimate of drug-likeness (QED) is 0.477. The lowest BCUT2D eigenvalue weighted by Crippen LogP contribution is -2.32. The molecule has 0 unspecified atom stereocenters. The van der Waals surface area contributed by atoms with Crippen LogP contribution in [0.4, 0.5) is 5.69 Å². The number of hydrogen-bond acceptors (Lipinski definition) is 3. The van der Waals surface area contributed by atoms with Gasteiger partial charge in [0.05, 0.1) is 0 Å². The van der Waals surface area contributed by atoms with Crippen molar-refractivity contribution >= 4 is 23.4 Å². The molecule has 2 aliphatic carbocycles. The molecule has 2 aliphatic rings. The van der Waals surface area contributed by atoms with Crippen molar-refractivity contribution in [1.29, 1.82) is 0 Å². The first-order valence-corrected chi connectivity index (χ1v) is 13.3. The maximum absolute atomic E-state index is 13.1. The Labute approximate surface area is 211 Å². The monoisotopic (exact) mass is 483 g/mol. The van der Waals surface area contributed by atoms with Crippen molar-refractivity contribution in [3.8, 4) is 0 Å². The lowest BCUT2D eigenvalue weighted by atomic mass is 9.67. The summed E-state index contributed by atoms with van der Waals surface area (Å²) in [5.74, 6) is -0.0704. The highest BCUT2D eigenvalue weighted by atomic mass is 16.2. The molecule has 6 heteroatoms. The molecule has 5 N–H and O–H groups in total. The fourth-order valence-electron chi connectivity index (χ4n) is 6.29. The summed E-state index contributed by atoms with van der Waals surface area (Å²) in [5, 5.41) is 2.96. The molecule has 3 amide bonds. The Morgan fingerprint density at radius 2 is 1.11 bits per heavy atom. The van der Waals surface area contributed by atoms with Crippen LogP contribution in [0.25, 0.3) is 0 Å². The Bertz CT molecular complexity index is 919. The molecule has 6 nitrogen and oxygen atoms in total. The lowest BCUT2D eigenvalue weighted by molar-refractivity contribution is -0.121. The van der Waals surface area contributed by atoms with Crippen LogP contribution in [0.1, 0.15) is 125 Å². The molecule has 3 rings (SSSR count). The van der Waals surface area contributed by atoms with Crippen molar-refractivity contribution in [1.82, 2.24) is 0 Å². The largest absolute Gasteiger partial charge is 0.366 e. The highest BCUT2D eigenvalue weighted by Crippen LogP contribution is 2.45. The predicted molar refractivity (Wildman–Crippen MR) is 141 cm³/mol. The minimum Gasteiger partial charge on any atom is -0.366 e. The zero-order valence-electron chi connectivity index (χ0n) is 22.5. The van der Waals surface area contributed by atoms with E-state index in [4.69, 9.17) is 11.5 Å². The van der Waals surface area contributed by atoms with E-state index in [0.29, 0.717) is 34.2 Å². The summed E-state index contributed by atoms with van der Waals surface area (Å²) in [6.45, 7) is 13.5. The number of nitrogens with two attached hydrogens (primary N) is 2. The molecule has 0 spiro atoms. The number of benzene rings is 1. The number of carbonyl (C=O) groups is 3. The summed E-state index contributed by atoms with van der Waals surface area (Å²) in [6.07, 6.45) is 7.55. The number of carbonyl (C=O) groups excluding carboxylic acids is 3. The van der Waals surface area contributed by atoms with Gasteiger partial charge in [-0.25, -0.2) is 0 Å². The molecular formula is C29H45N3O3. The number of primary amides is 2. The van der Waals surface area contributed by atoms with Gasteiger partial charge in [-0.3, -0.25) is 14.4 Å². The molecule has 0 radical (unpaired) electrons. The Morgan fingerprint density at radius 3 is 1.49 bits per heavy atom. The summed E-state index contributed by atoms with van der Waals surface area (Å²) >= 11 is 0. The van der Waals surface area contributed by atoms with Gasteiger partial charge in [0.2, 0.25) is 17.7 Å². The topological polar surface area (TPSA) is 115 Å². The average molecular weight is 484 g/mol. The number of anilines is 1. The highest BCUT2D eigenvalue weighted by molar-refractivity contribution is 6.04. The second-order valence-electron chi connectivity index (χ2n) is 13.0. The van der Waals surface area contributed by atoms with Crippen molar-refractivity contribution in [3.63, 3.8) is 0 Å². The number of amides is 3. The van der Waals surface area contributed by atoms with E-state index < -0.39 is 11.8 Å². The van der Waals surface area contributed by atoms with E-state index in [1.807, 2.05) is 0 Å². The fourth-order valence-corrected chi connectivity index (χ4v) is 6.29. The summed E-state index contributed by atoms with van der Waals surface area (Å²) in [6, 6.07) is 3.28. The molecule has 0 bridgehead atoms. The summed E-state index contributed by atoms with van der Waals surface area (Å²) in [5.41, 5.74) is 13.7. The Hall–Kier alpha value is -2.37. The first-order valence-electron chi connectivity index (χ1n) is 13.3. The zero-order chi connectivity index (χ0) is 26.1. The molecule has 35 heavy (non-hydrogen) atoms. The second kappa shape index (κ2) is 10.3. The minimum atomic E-state index is -0.595. The smallest absolute Gasteiger partial charge is 0.249 e. The minimum absolute atomic E-state index is 0.0519. The molecule has 2 saturated carbocycles. The van der Waals surface area contributed by atoms with E-state index in [0.717, 1.165) is 51.4 Å². The van der Waals surface area contributed by atoms with Crippen LogP contribution in [0.2, 0.25) is 0 Å². The van der Waals surface area contributed by atoms with Crippen LogP contribution in [0.15, 0.2) is 12.1 Å². The molecule has 194 valence electrons.